The fourth-order valence-electron chi connectivity index (χ4n) is 8.66. The summed E-state index contributed by atoms with van der Waals surface area (Å²) in [5.74, 6) is 0. The summed E-state index contributed by atoms with van der Waals surface area (Å²) in [7, 11) is 0. The molecular formula is C48H28N4O. The standard InChI is InChI=1S/C48H28N4O/c1-2-12-32(13-3-1)52-39-18-8-5-15-35(39)43-46-41(42-36-16-6-9-19-40(36)53-48(42)47(43)52)34-14-4-7-17-38(34)51(46)33-25-22-29(23-26-33)37-27-24-31-21-20-30-11-10-28-49-44(30)45(31)50-37/h1-28H. The van der Waals surface area contributed by atoms with Crippen molar-refractivity contribution in [1.29, 1.82) is 0 Å². The molecule has 246 valence electrons. The largest absolute Gasteiger partial charge is 0.454 e. The number of pyridine rings is 2. The van der Waals surface area contributed by atoms with Crippen molar-refractivity contribution in [3.05, 3.63) is 170 Å². The van der Waals surface area contributed by atoms with Crippen LogP contribution in [0.5, 0.6) is 0 Å². The van der Waals surface area contributed by atoms with Gasteiger partial charge in [-0.05, 0) is 54.6 Å². The Kier molecular flexibility index (Phi) is 5.71. The summed E-state index contributed by atoms with van der Waals surface area (Å²) >= 11 is 0. The van der Waals surface area contributed by atoms with Crippen LogP contribution < -0.4 is 0 Å². The van der Waals surface area contributed by atoms with Gasteiger partial charge in [-0.1, -0.05) is 109 Å². The number of hydrogen-bond acceptors (Lipinski definition) is 3. The van der Waals surface area contributed by atoms with Crippen LogP contribution in [0.4, 0.5) is 0 Å². The van der Waals surface area contributed by atoms with Crippen LogP contribution in [0, 0.1) is 0 Å². The van der Waals surface area contributed by atoms with Gasteiger partial charge in [0.05, 0.1) is 38.8 Å². The molecule has 0 N–H and O–H groups in total. The second-order valence-corrected chi connectivity index (χ2v) is 13.7. The number of aromatic nitrogens is 4. The highest BCUT2D eigenvalue weighted by Crippen LogP contribution is 2.49. The molecule has 0 aliphatic heterocycles. The minimum absolute atomic E-state index is 0.883. The molecule has 0 fully saturated rings. The maximum absolute atomic E-state index is 6.91. The van der Waals surface area contributed by atoms with Crippen LogP contribution >= 0.6 is 0 Å². The van der Waals surface area contributed by atoms with Crippen LogP contribution in [-0.2, 0) is 0 Å². The second kappa shape index (κ2) is 10.6. The second-order valence-electron chi connectivity index (χ2n) is 13.7. The average molecular weight is 677 g/mol. The zero-order valence-electron chi connectivity index (χ0n) is 28.4. The van der Waals surface area contributed by atoms with Gasteiger partial charge in [-0.25, -0.2) is 4.98 Å². The number of nitrogens with zero attached hydrogens (tertiary/aromatic N) is 4. The Morgan fingerprint density at radius 3 is 1.85 bits per heavy atom. The number of benzene rings is 7. The van der Waals surface area contributed by atoms with Gasteiger partial charge in [-0.3, -0.25) is 4.98 Å². The van der Waals surface area contributed by atoms with Gasteiger partial charge in [0.25, 0.3) is 0 Å². The Bertz CT molecular complexity index is 3440. The predicted octanol–water partition coefficient (Wildman–Crippen LogP) is 12.5. The van der Waals surface area contributed by atoms with Gasteiger partial charge in [0, 0.05) is 66.2 Å². The number of rotatable bonds is 3. The number of fused-ring (bicyclic) bond motifs is 15. The van der Waals surface area contributed by atoms with Crippen LogP contribution in [0.1, 0.15) is 0 Å². The molecule has 0 atom stereocenters. The molecule has 0 radical (unpaired) electrons. The van der Waals surface area contributed by atoms with Gasteiger partial charge in [-0.2, -0.15) is 0 Å². The van der Waals surface area contributed by atoms with Crippen molar-refractivity contribution in [2.75, 3.05) is 0 Å². The van der Waals surface area contributed by atoms with Gasteiger partial charge >= 0.3 is 0 Å². The molecule has 0 saturated heterocycles. The van der Waals surface area contributed by atoms with Crippen LogP contribution in [0.3, 0.4) is 0 Å². The molecule has 0 saturated carbocycles. The normalized spacial score (nSPS) is 12.2. The van der Waals surface area contributed by atoms with E-state index in [-0.39, 0.29) is 0 Å². The highest BCUT2D eigenvalue weighted by atomic mass is 16.3. The van der Waals surface area contributed by atoms with E-state index in [0.29, 0.717) is 0 Å². The summed E-state index contributed by atoms with van der Waals surface area (Å²) in [5, 5.41) is 9.16. The highest BCUT2D eigenvalue weighted by molar-refractivity contribution is 6.39. The zero-order valence-corrected chi connectivity index (χ0v) is 28.4. The molecule has 12 rings (SSSR count). The van der Waals surface area contributed by atoms with E-state index in [1.54, 1.807) is 0 Å². The molecule has 5 nitrogen and oxygen atoms in total. The summed E-state index contributed by atoms with van der Waals surface area (Å²) in [5.41, 5.74) is 12.3. The molecule has 0 bridgehead atoms. The van der Waals surface area contributed by atoms with E-state index < -0.39 is 0 Å². The van der Waals surface area contributed by atoms with Crippen molar-refractivity contribution in [3.63, 3.8) is 0 Å². The van der Waals surface area contributed by atoms with E-state index in [1.807, 2.05) is 12.3 Å². The van der Waals surface area contributed by atoms with E-state index in [2.05, 4.69) is 172 Å². The van der Waals surface area contributed by atoms with Gasteiger partial charge in [0.1, 0.15) is 5.58 Å². The van der Waals surface area contributed by atoms with E-state index in [1.165, 1.54) is 27.1 Å². The van der Waals surface area contributed by atoms with Crippen molar-refractivity contribution in [2.45, 2.75) is 0 Å². The third kappa shape index (κ3) is 3.91. The summed E-state index contributed by atoms with van der Waals surface area (Å²) in [6, 6.07) is 58.0. The molecule has 5 heterocycles. The summed E-state index contributed by atoms with van der Waals surface area (Å²) in [6.07, 6.45) is 1.84. The molecule has 0 amide bonds. The van der Waals surface area contributed by atoms with Crippen molar-refractivity contribution >= 4 is 87.4 Å². The lowest BCUT2D eigenvalue weighted by Crippen LogP contribution is -1.96. The van der Waals surface area contributed by atoms with Gasteiger partial charge in [0.15, 0.2) is 5.58 Å². The minimum Gasteiger partial charge on any atom is -0.454 e. The third-order valence-electron chi connectivity index (χ3n) is 10.9. The van der Waals surface area contributed by atoms with E-state index in [4.69, 9.17) is 9.40 Å². The van der Waals surface area contributed by atoms with Gasteiger partial charge in [-0.15, -0.1) is 0 Å². The summed E-state index contributed by atoms with van der Waals surface area (Å²) in [6.45, 7) is 0. The van der Waals surface area contributed by atoms with Crippen LogP contribution in [0.2, 0.25) is 0 Å². The first-order valence-corrected chi connectivity index (χ1v) is 17.9. The van der Waals surface area contributed by atoms with Gasteiger partial charge < -0.3 is 13.6 Å². The quantitative estimate of drug-likeness (QED) is 0.175. The molecule has 12 aromatic rings. The molecule has 0 unspecified atom stereocenters. The fourth-order valence-corrected chi connectivity index (χ4v) is 8.66. The van der Waals surface area contributed by atoms with E-state index in [9.17, 15) is 0 Å². The zero-order chi connectivity index (χ0) is 34.6. The fraction of sp³-hybridized carbons (Fsp3) is 0. The molecule has 5 heteroatoms. The Labute approximate surface area is 302 Å². The van der Waals surface area contributed by atoms with Crippen molar-refractivity contribution in [1.82, 2.24) is 19.1 Å². The van der Waals surface area contributed by atoms with Crippen LogP contribution in [0.25, 0.3) is 110 Å². The lowest BCUT2D eigenvalue weighted by atomic mass is 10.0. The Morgan fingerprint density at radius 1 is 0.434 bits per heavy atom. The lowest BCUT2D eigenvalue weighted by Gasteiger charge is -2.12. The maximum atomic E-state index is 6.91. The van der Waals surface area contributed by atoms with Crippen molar-refractivity contribution in [2.24, 2.45) is 0 Å². The van der Waals surface area contributed by atoms with E-state index in [0.717, 1.165) is 82.9 Å². The highest BCUT2D eigenvalue weighted by Gasteiger charge is 2.27. The third-order valence-corrected chi connectivity index (χ3v) is 10.9. The Morgan fingerprint density at radius 2 is 1.06 bits per heavy atom. The molecule has 7 aromatic carbocycles. The molecule has 0 aliphatic rings. The number of hydrogen-bond donors (Lipinski definition) is 0. The van der Waals surface area contributed by atoms with Crippen LogP contribution in [0.15, 0.2) is 174 Å². The maximum Gasteiger partial charge on any atom is 0.160 e. The predicted molar refractivity (Wildman–Crippen MR) is 218 cm³/mol. The molecule has 0 spiro atoms. The smallest absolute Gasteiger partial charge is 0.160 e. The first-order valence-electron chi connectivity index (χ1n) is 17.9. The van der Waals surface area contributed by atoms with Crippen molar-refractivity contribution in [3.8, 4) is 22.6 Å². The first-order chi connectivity index (χ1) is 26.3. The van der Waals surface area contributed by atoms with Crippen molar-refractivity contribution < 1.29 is 4.42 Å². The number of furan rings is 1. The van der Waals surface area contributed by atoms with Gasteiger partial charge in [0.2, 0.25) is 0 Å². The van der Waals surface area contributed by atoms with E-state index >= 15 is 0 Å². The minimum atomic E-state index is 0.883. The monoisotopic (exact) mass is 676 g/mol. The number of para-hydroxylation sites is 4. The summed E-state index contributed by atoms with van der Waals surface area (Å²) < 4.78 is 11.7. The molecule has 0 aliphatic carbocycles. The SMILES string of the molecule is c1ccc(-n2c3ccccc3c3c2c2oc4ccccc4c2c2c4ccccc4n(-c4ccc(-c5ccc6ccc7cccnc7c6n5)cc4)c23)cc1. The first kappa shape index (κ1) is 28.5. The topological polar surface area (TPSA) is 48.8 Å². The molecule has 53 heavy (non-hydrogen) atoms. The molecule has 5 aromatic heterocycles. The Hall–Kier alpha value is -7.24. The summed E-state index contributed by atoms with van der Waals surface area (Å²) in [4.78, 5) is 9.83. The lowest BCUT2D eigenvalue weighted by molar-refractivity contribution is 0.671. The van der Waals surface area contributed by atoms with Crippen LogP contribution in [-0.4, -0.2) is 19.1 Å². The molecular weight excluding hydrogens is 649 g/mol. The Balaban J connectivity index is 1.20. The average Bonchev–Trinajstić information content (AvgIpc) is 3.89.